The summed E-state index contributed by atoms with van der Waals surface area (Å²) in [6, 6.07) is 23.4. The second-order valence-corrected chi connectivity index (χ2v) is 6.39. The average molecular weight is 372 g/mol. The van der Waals surface area contributed by atoms with Crippen LogP contribution in [0.3, 0.4) is 0 Å². The number of hydrogen-bond acceptors (Lipinski definition) is 5. The predicted octanol–water partition coefficient (Wildman–Crippen LogP) is 5.30. The molecule has 0 saturated heterocycles. The van der Waals surface area contributed by atoms with Gasteiger partial charge < -0.3 is 14.0 Å². The van der Waals surface area contributed by atoms with E-state index in [0.717, 1.165) is 22.6 Å². The molecule has 0 radical (unpaired) electrons. The van der Waals surface area contributed by atoms with E-state index in [1.165, 1.54) is 11.1 Å². The molecule has 1 aromatic heterocycles. The normalized spacial score (nSPS) is 10.6. The molecule has 0 bridgehead atoms. The fourth-order valence-corrected chi connectivity index (χ4v) is 2.85. The lowest BCUT2D eigenvalue weighted by atomic mass is 10.1. The standard InChI is InChI=1S/C23H20N2O3/c1-16-6-3-4-7-19(16)15-27-20-12-10-17(11-13-20)22-24-23(28-25-22)18-8-5-9-21(14-18)26-2/h3-14H,15H2,1-2H3. The highest BCUT2D eigenvalue weighted by atomic mass is 16.5. The van der Waals surface area contributed by atoms with Crippen LogP contribution in [0.1, 0.15) is 11.1 Å². The van der Waals surface area contributed by atoms with Crippen molar-refractivity contribution in [3.63, 3.8) is 0 Å². The SMILES string of the molecule is COc1cccc(-c2nc(-c3ccc(OCc4ccccc4C)cc3)no2)c1. The minimum Gasteiger partial charge on any atom is -0.497 e. The van der Waals surface area contributed by atoms with Crippen LogP contribution in [-0.2, 0) is 6.61 Å². The van der Waals surface area contributed by atoms with Gasteiger partial charge in [0.05, 0.1) is 7.11 Å². The van der Waals surface area contributed by atoms with Gasteiger partial charge in [0.15, 0.2) is 0 Å². The van der Waals surface area contributed by atoms with Gasteiger partial charge in [-0.15, -0.1) is 0 Å². The van der Waals surface area contributed by atoms with Crippen LogP contribution in [0.15, 0.2) is 77.3 Å². The van der Waals surface area contributed by atoms with E-state index in [4.69, 9.17) is 14.0 Å². The van der Waals surface area contributed by atoms with Gasteiger partial charge in [0, 0.05) is 11.1 Å². The quantitative estimate of drug-likeness (QED) is 0.460. The smallest absolute Gasteiger partial charge is 0.258 e. The van der Waals surface area contributed by atoms with Crippen LogP contribution < -0.4 is 9.47 Å². The summed E-state index contributed by atoms with van der Waals surface area (Å²) in [5, 5.41) is 4.09. The molecule has 140 valence electrons. The second kappa shape index (κ2) is 7.96. The lowest BCUT2D eigenvalue weighted by Gasteiger charge is -2.08. The van der Waals surface area contributed by atoms with Crippen LogP contribution in [0.2, 0.25) is 0 Å². The summed E-state index contributed by atoms with van der Waals surface area (Å²) in [6.45, 7) is 2.62. The lowest BCUT2D eigenvalue weighted by Crippen LogP contribution is -1.97. The largest absolute Gasteiger partial charge is 0.497 e. The first-order valence-electron chi connectivity index (χ1n) is 8.99. The van der Waals surface area contributed by atoms with Gasteiger partial charge >= 0.3 is 0 Å². The molecule has 0 atom stereocenters. The molecule has 5 nitrogen and oxygen atoms in total. The van der Waals surface area contributed by atoms with Crippen LogP contribution >= 0.6 is 0 Å². The van der Waals surface area contributed by atoms with E-state index in [1.54, 1.807) is 7.11 Å². The Morgan fingerprint density at radius 3 is 2.46 bits per heavy atom. The molecule has 0 N–H and O–H groups in total. The molecule has 3 aromatic carbocycles. The van der Waals surface area contributed by atoms with Gasteiger partial charge in [-0.05, 0) is 60.5 Å². The first kappa shape index (κ1) is 17.8. The number of methoxy groups -OCH3 is 1. The van der Waals surface area contributed by atoms with Crippen molar-refractivity contribution < 1.29 is 14.0 Å². The number of hydrogen-bond donors (Lipinski definition) is 0. The van der Waals surface area contributed by atoms with Gasteiger partial charge in [0.1, 0.15) is 18.1 Å². The molecule has 28 heavy (non-hydrogen) atoms. The van der Waals surface area contributed by atoms with Gasteiger partial charge in [0.25, 0.3) is 5.89 Å². The van der Waals surface area contributed by atoms with E-state index in [2.05, 4.69) is 29.2 Å². The molecule has 4 rings (SSSR count). The Bertz CT molecular complexity index is 1070. The Morgan fingerprint density at radius 1 is 0.857 bits per heavy atom. The highest BCUT2D eigenvalue weighted by Crippen LogP contribution is 2.26. The van der Waals surface area contributed by atoms with Crippen LogP contribution in [0.5, 0.6) is 11.5 Å². The molecule has 0 fully saturated rings. The Kier molecular flexibility index (Phi) is 5.06. The zero-order chi connectivity index (χ0) is 19.3. The highest BCUT2D eigenvalue weighted by molar-refractivity contribution is 5.61. The summed E-state index contributed by atoms with van der Waals surface area (Å²) in [5.74, 6) is 2.52. The average Bonchev–Trinajstić information content (AvgIpc) is 3.24. The van der Waals surface area contributed by atoms with Crippen molar-refractivity contribution in [1.29, 1.82) is 0 Å². The summed E-state index contributed by atoms with van der Waals surface area (Å²) in [6.07, 6.45) is 0. The topological polar surface area (TPSA) is 57.4 Å². The van der Waals surface area contributed by atoms with E-state index in [-0.39, 0.29) is 0 Å². The summed E-state index contributed by atoms with van der Waals surface area (Å²) in [7, 11) is 1.63. The monoisotopic (exact) mass is 372 g/mol. The van der Waals surface area contributed by atoms with Crippen LogP contribution in [0.25, 0.3) is 22.8 Å². The van der Waals surface area contributed by atoms with Crippen molar-refractivity contribution in [2.24, 2.45) is 0 Å². The number of rotatable bonds is 6. The lowest BCUT2D eigenvalue weighted by molar-refractivity contribution is 0.305. The van der Waals surface area contributed by atoms with E-state index in [9.17, 15) is 0 Å². The van der Waals surface area contributed by atoms with Crippen LogP contribution in [-0.4, -0.2) is 17.3 Å². The third-order valence-corrected chi connectivity index (χ3v) is 4.51. The number of ether oxygens (including phenoxy) is 2. The molecule has 0 aliphatic carbocycles. The third-order valence-electron chi connectivity index (χ3n) is 4.51. The minimum atomic E-state index is 0.453. The molecular weight excluding hydrogens is 352 g/mol. The van der Waals surface area contributed by atoms with Crippen molar-refractivity contribution in [3.8, 4) is 34.3 Å². The molecule has 0 unspecified atom stereocenters. The van der Waals surface area contributed by atoms with Gasteiger partial charge in [-0.25, -0.2) is 0 Å². The van der Waals surface area contributed by atoms with Crippen molar-refractivity contribution in [2.75, 3.05) is 7.11 Å². The van der Waals surface area contributed by atoms with E-state index >= 15 is 0 Å². The zero-order valence-electron chi connectivity index (χ0n) is 15.8. The fourth-order valence-electron chi connectivity index (χ4n) is 2.85. The number of aryl methyl sites for hydroxylation is 1. The van der Waals surface area contributed by atoms with Gasteiger partial charge in [-0.1, -0.05) is 35.5 Å². The van der Waals surface area contributed by atoms with Crippen molar-refractivity contribution >= 4 is 0 Å². The maximum Gasteiger partial charge on any atom is 0.258 e. The van der Waals surface area contributed by atoms with E-state index < -0.39 is 0 Å². The summed E-state index contributed by atoms with van der Waals surface area (Å²) in [5.41, 5.74) is 4.07. The highest BCUT2D eigenvalue weighted by Gasteiger charge is 2.11. The molecule has 0 saturated carbocycles. The fraction of sp³-hybridized carbons (Fsp3) is 0.130. The summed E-state index contributed by atoms with van der Waals surface area (Å²) in [4.78, 5) is 4.49. The Labute approximate surface area is 163 Å². The first-order chi connectivity index (χ1) is 13.7. The van der Waals surface area contributed by atoms with Gasteiger partial charge in [-0.2, -0.15) is 4.98 Å². The predicted molar refractivity (Wildman–Crippen MR) is 107 cm³/mol. The molecule has 0 aliphatic heterocycles. The number of aromatic nitrogens is 2. The maximum atomic E-state index is 5.89. The van der Waals surface area contributed by atoms with Gasteiger partial charge in [-0.3, -0.25) is 0 Å². The van der Waals surface area contributed by atoms with E-state index in [1.807, 2.05) is 60.7 Å². The maximum absolute atomic E-state index is 5.89. The van der Waals surface area contributed by atoms with E-state index in [0.29, 0.717) is 18.3 Å². The van der Waals surface area contributed by atoms with Crippen LogP contribution in [0.4, 0.5) is 0 Å². The molecule has 0 spiro atoms. The molecule has 4 aromatic rings. The van der Waals surface area contributed by atoms with Crippen molar-refractivity contribution in [2.45, 2.75) is 13.5 Å². The number of nitrogens with zero attached hydrogens (tertiary/aromatic N) is 2. The number of benzene rings is 3. The summed E-state index contributed by atoms with van der Waals surface area (Å²) < 4.78 is 16.5. The first-order valence-corrected chi connectivity index (χ1v) is 8.99. The molecular formula is C23H20N2O3. The molecule has 5 heteroatoms. The summed E-state index contributed by atoms with van der Waals surface area (Å²) >= 11 is 0. The Morgan fingerprint density at radius 2 is 1.68 bits per heavy atom. The van der Waals surface area contributed by atoms with Crippen molar-refractivity contribution in [3.05, 3.63) is 83.9 Å². The molecule has 0 amide bonds. The Hall–Kier alpha value is -3.60. The second-order valence-electron chi connectivity index (χ2n) is 6.39. The third kappa shape index (κ3) is 3.88. The zero-order valence-corrected chi connectivity index (χ0v) is 15.8. The Balaban J connectivity index is 1.47. The van der Waals surface area contributed by atoms with Crippen molar-refractivity contribution in [1.82, 2.24) is 10.1 Å². The van der Waals surface area contributed by atoms with Gasteiger partial charge in [0.2, 0.25) is 5.82 Å². The minimum absolute atomic E-state index is 0.453. The molecule has 0 aliphatic rings. The van der Waals surface area contributed by atoms with Crippen LogP contribution in [0, 0.1) is 6.92 Å². The molecule has 1 heterocycles.